The van der Waals surface area contributed by atoms with Crippen molar-refractivity contribution >= 4 is 17.4 Å². The van der Waals surface area contributed by atoms with Crippen molar-refractivity contribution in [2.75, 3.05) is 30.0 Å². The number of anilines is 2. The van der Waals surface area contributed by atoms with Gasteiger partial charge in [-0.1, -0.05) is 6.07 Å². The number of halogens is 4. The molecule has 2 aliphatic heterocycles. The van der Waals surface area contributed by atoms with Gasteiger partial charge in [-0.25, -0.2) is 9.37 Å². The molecule has 1 amide bonds. The number of benzene rings is 1. The molecule has 2 aromatic heterocycles. The number of fused-ring (bicyclic) bond motifs is 3. The Labute approximate surface area is 203 Å². The van der Waals surface area contributed by atoms with E-state index in [1.165, 1.54) is 6.07 Å². The van der Waals surface area contributed by atoms with E-state index in [1.807, 2.05) is 13.0 Å². The Hall–Kier alpha value is -3.73. The number of nitrogens with one attached hydrogen (secondary N) is 1. The van der Waals surface area contributed by atoms with E-state index in [0.29, 0.717) is 37.4 Å². The molecular weight excluding hydrogens is 480 g/mol. The van der Waals surface area contributed by atoms with Gasteiger partial charge in [-0.05, 0) is 54.3 Å². The Morgan fingerprint density at radius 1 is 1.17 bits per heavy atom. The van der Waals surface area contributed by atoms with Crippen LogP contribution >= 0.6 is 0 Å². The lowest BCUT2D eigenvalue weighted by Gasteiger charge is -2.42. The summed E-state index contributed by atoms with van der Waals surface area (Å²) in [6.45, 7) is 4.26. The van der Waals surface area contributed by atoms with E-state index in [1.54, 1.807) is 22.8 Å². The molecule has 3 aromatic rings. The molecule has 188 valence electrons. The molecule has 4 heterocycles. The van der Waals surface area contributed by atoms with Crippen LogP contribution in [0.4, 0.5) is 29.1 Å². The summed E-state index contributed by atoms with van der Waals surface area (Å²) in [6, 6.07) is 9.41. The largest absolute Gasteiger partial charge is 0.436 e. The van der Waals surface area contributed by atoms with Crippen LogP contribution in [-0.2, 0) is 17.5 Å². The Kier molecular flexibility index (Phi) is 6.03. The molecule has 36 heavy (non-hydrogen) atoms. The monoisotopic (exact) mass is 502 g/mol. The molecule has 0 unspecified atom stereocenters. The van der Waals surface area contributed by atoms with Crippen molar-refractivity contribution in [2.45, 2.75) is 32.1 Å². The third-order valence-electron chi connectivity index (χ3n) is 6.52. The number of rotatable bonds is 3. The van der Waals surface area contributed by atoms with Gasteiger partial charge in [0, 0.05) is 31.0 Å². The minimum atomic E-state index is -5.03. The van der Waals surface area contributed by atoms with Gasteiger partial charge in [0.15, 0.2) is 11.5 Å². The minimum Gasteiger partial charge on any atom is -0.377 e. The molecular formula is C25H22F4N4O3. The molecule has 0 saturated carbocycles. The fourth-order valence-electron chi connectivity index (χ4n) is 4.70. The van der Waals surface area contributed by atoms with Crippen LogP contribution < -0.4 is 15.8 Å². The maximum atomic E-state index is 14.4. The van der Waals surface area contributed by atoms with Crippen molar-refractivity contribution < 1.29 is 27.1 Å². The summed E-state index contributed by atoms with van der Waals surface area (Å²) in [4.78, 5) is 30.8. The molecule has 5 rings (SSSR count). The van der Waals surface area contributed by atoms with Crippen LogP contribution in [0.5, 0.6) is 0 Å². The Morgan fingerprint density at radius 3 is 2.75 bits per heavy atom. The number of nitrogens with zero attached hydrogens (tertiary/aromatic N) is 3. The molecule has 1 N–H and O–H groups in total. The van der Waals surface area contributed by atoms with Crippen molar-refractivity contribution in [3.63, 3.8) is 0 Å². The van der Waals surface area contributed by atoms with E-state index in [2.05, 4.69) is 15.2 Å². The number of aromatic nitrogens is 2. The molecule has 1 saturated heterocycles. The maximum Gasteiger partial charge on any atom is 0.436 e. The van der Waals surface area contributed by atoms with Gasteiger partial charge in [0.05, 0.1) is 24.8 Å². The van der Waals surface area contributed by atoms with Gasteiger partial charge in [0.1, 0.15) is 5.82 Å². The molecule has 0 bridgehead atoms. The lowest BCUT2D eigenvalue weighted by molar-refractivity contribution is -0.143. The summed E-state index contributed by atoms with van der Waals surface area (Å²) < 4.78 is 60.7. The first-order valence-corrected chi connectivity index (χ1v) is 11.4. The molecule has 0 aliphatic carbocycles. The van der Waals surface area contributed by atoms with Crippen LogP contribution in [0.3, 0.4) is 0 Å². The molecule has 1 aromatic carbocycles. The first kappa shape index (κ1) is 24.0. The highest BCUT2D eigenvalue weighted by Crippen LogP contribution is 2.33. The minimum absolute atomic E-state index is 0.153. The summed E-state index contributed by atoms with van der Waals surface area (Å²) in [5.41, 5.74) is -0.315. The summed E-state index contributed by atoms with van der Waals surface area (Å²) in [5.74, 6) is -1.99. The number of alkyl halides is 3. The predicted molar refractivity (Wildman–Crippen MR) is 125 cm³/mol. The highest BCUT2D eigenvalue weighted by Gasteiger charge is 2.38. The standard InChI is InChI=1S/C25H22F4N4O3/c1-14-2-3-16(31-24(35)18-4-6-30-23(22(18)26)25(27,28)29)12-19(14)15-10-20-32-8-9-36-13-17(32)5-7-33(20)21(34)11-15/h2-4,6,10-12,17H,5,7-9,13H2,1H3,(H,31,35)/t17-/m1/s1. The number of aryl methyl sites for hydroxylation is 1. The number of morpholine rings is 1. The lowest BCUT2D eigenvalue weighted by atomic mass is 9.99. The number of carbonyl (C=O) groups is 1. The first-order chi connectivity index (χ1) is 17.1. The van der Waals surface area contributed by atoms with Gasteiger partial charge in [0.25, 0.3) is 11.5 Å². The predicted octanol–water partition coefficient (Wildman–Crippen LogP) is 4.24. The van der Waals surface area contributed by atoms with E-state index >= 15 is 0 Å². The van der Waals surface area contributed by atoms with Gasteiger partial charge >= 0.3 is 6.18 Å². The van der Waals surface area contributed by atoms with Gasteiger partial charge in [-0.2, -0.15) is 13.2 Å². The van der Waals surface area contributed by atoms with Crippen molar-refractivity contribution in [3.05, 3.63) is 75.6 Å². The Bertz CT molecular complexity index is 1400. The number of hydrogen-bond donors (Lipinski definition) is 1. The molecule has 0 spiro atoms. The number of pyridine rings is 2. The summed E-state index contributed by atoms with van der Waals surface area (Å²) in [7, 11) is 0. The highest BCUT2D eigenvalue weighted by atomic mass is 19.4. The highest BCUT2D eigenvalue weighted by molar-refractivity contribution is 6.04. The zero-order chi connectivity index (χ0) is 25.6. The molecule has 11 heteroatoms. The second-order valence-electron chi connectivity index (χ2n) is 8.81. The smallest absolute Gasteiger partial charge is 0.377 e. The van der Waals surface area contributed by atoms with Gasteiger partial charge in [0.2, 0.25) is 0 Å². The topological polar surface area (TPSA) is 76.5 Å². The van der Waals surface area contributed by atoms with E-state index in [-0.39, 0.29) is 17.3 Å². The fraction of sp³-hybridized carbons (Fsp3) is 0.320. The molecule has 7 nitrogen and oxygen atoms in total. The summed E-state index contributed by atoms with van der Waals surface area (Å²) >= 11 is 0. The van der Waals surface area contributed by atoms with Gasteiger partial charge in [-0.3, -0.25) is 14.2 Å². The van der Waals surface area contributed by atoms with E-state index in [4.69, 9.17) is 4.74 Å². The van der Waals surface area contributed by atoms with Crippen molar-refractivity contribution in [1.82, 2.24) is 9.55 Å². The van der Waals surface area contributed by atoms with E-state index in [0.717, 1.165) is 30.1 Å². The number of ether oxygens (including phenoxy) is 1. The van der Waals surface area contributed by atoms with Crippen LogP contribution in [0.15, 0.2) is 47.4 Å². The van der Waals surface area contributed by atoms with Crippen LogP contribution in [0.2, 0.25) is 0 Å². The van der Waals surface area contributed by atoms with Crippen LogP contribution in [0, 0.1) is 12.7 Å². The maximum absolute atomic E-state index is 14.4. The average molecular weight is 502 g/mol. The van der Waals surface area contributed by atoms with E-state index < -0.39 is 29.2 Å². The fourth-order valence-corrected chi connectivity index (χ4v) is 4.70. The molecule has 2 aliphatic rings. The normalized spacial score (nSPS) is 17.4. The van der Waals surface area contributed by atoms with Gasteiger partial charge in [-0.15, -0.1) is 0 Å². The third kappa shape index (κ3) is 4.34. The number of amides is 1. The average Bonchev–Trinajstić information content (AvgIpc) is 2.84. The van der Waals surface area contributed by atoms with Crippen LogP contribution in [-0.4, -0.2) is 41.3 Å². The second-order valence-corrected chi connectivity index (χ2v) is 8.81. The van der Waals surface area contributed by atoms with Crippen molar-refractivity contribution in [3.8, 4) is 11.1 Å². The second kappa shape index (κ2) is 9.05. The Morgan fingerprint density at radius 2 is 1.97 bits per heavy atom. The van der Waals surface area contributed by atoms with Crippen molar-refractivity contribution in [1.29, 1.82) is 0 Å². The SMILES string of the molecule is Cc1ccc(NC(=O)c2ccnc(C(F)(F)F)c2F)cc1-c1cc2n(c(=O)c1)CC[C@@H]1COCCN21. The zero-order valence-corrected chi connectivity index (χ0v) is 19.2. The third-order valence-corrected chi connectivity index (χ3v) is 6.52. The molecule has 1 atom stereocenters. The molecule has 1 fully saturated rings. The summed E-state index contributed by atoms with van der Waals surface area (Å²) in [6.07, 6.45) is -3.48. The van der Waals surface area contributed by atoms with Gasteiger partial charge < -0.3 is 15.0 Å². The quantitative estimate of drug-likeness (QED) is 0.543. The zero-order valence-electron chi connectivity index (χ0n) is 19.2. The van der Waals surface area contributed by atoms with Crippen LogP contribution in [0.25, 0.3) is 11.1 Å². The molecule has 0 radical (unpaired) electrons. The lowest BCUT2D eigenvalue weighted by Crippen LogP contribution is -2.51. The first-order valence-electron chi connectivity index (χ1n) is 11.4. The summed E-state index contributed by atoms with van der Waals surface area (Å²) in [5, 5.41) is 2.45. The van der Waals surface area contributed by atoms with E-state index in [9.17, 15) is 27.2 Å². The number of hydrogen-bond acceptors (Lipinski definition) is 5. The number of carbonyl (C=O) groups excluding carboxylic acids is 1. The Balaban J connectivity index is 1.48. The van der Waals surface area contributed by atoms with Crippen molar-refractivity contribution in [2.24, 2.45) is 0 Å². The van der Waals surface area contributed by atoms with Crippen LogP contribution in [0.1, 0.15) is 28.0 Å².